The van der Waals surface area contributed by atoms with E-state index in [9.17, 15) is 19.3 Å². The third kappa shape index (κ3) is 4.17. The van der Waals surface area contributed by atoms with Crippen LogP contribution in [-0.4, -0.2) is 17.7 Å². The van der Waals surface area contributed by atoms with Crippen LogP contribution < -0.4 is 15.5 Å². The smallest absolute Gasteiger partial charge is 0.233 e. The second-order valence-electron chi connectivity index (χ2n) is 6.15. The number of hydrogen-bond donors (Lipinski definition) is 2. The van der Waals surface area contributed by atoms with Crippen LogP contribution in [-0.2, 0) is 14.4 Å². The zero-order valence-electron chi connectivity index (χ0n) is 14.7. The van der Waals surface area contributed by atoms with E-state index in [4.69, 9.17) is 0 Å². The number of hydrogen-bond acceptors (Lipinski definition) is 6. The predicted molar refractivity (Wildman–Crippen MR) is 102 cm³/mol. The summed E-state index contributed by atoms with van der Waals surface area (Å²) in [5.74, 6) is -0.727. The Morgan fingerprint density at radius 1 is 1.00 bits per heavy atom. The lowest BCUT2D eigenvalue weighted by atomic mass is 10.1. The molecule has 8 heteroatoms. The highest BCUT2D eigenvalue weighted by atomic mass is 16.3. The van der Waals surface area contributed by atoms with E-state index in [0.29, 0.717) is 42.0 Å². The average molecular weight is 366 g/mol. The van der Waals surface area contributed by atoms with E-state index in [1.807, 2.05) is 0 Å². The first kappa shape index (κ1) is 18.2. The number of carbonyl (C=O) groups excluding carboxylic acids is 3. The fourth-order valence-electron chi connectivity index (χ4n) is 2.88. The number of rotatable bonds is 5. The van der Waals surface area contributed by atoms with E-state index in [2.05, 4.69) is 15.8 Å². The number of nitroso groups, excluding NO2 is 1. The number of nitrogens with one attached hydrogen (secondary N) is 2. The topological polar surface area (TPSA) is 108 Å². The lowest BCUT2D eigenvalue weighted by Gasteiger charge is -2.25. The molecule has 0 spiro atoms. The molecule has 3 amide bonds. The van der Waals surface area contributed by atoms with Crippen molar-refractivity contribution in [2.75, 3.05) is 15.5 Å². The van der Waals surface area contributed by atoms with Crippen molar-refractivity contribution >= 4 is 46.2 Å². The molecule has 3 rings (SSSR count). The van der Waals surface area contributed by atoms with Gasteiger partial charge in [-0.2, -0.15) is 0 Å². The molecule has 0 radical (unpaired) electrons. The lowest BCUT2D eigenvalue weighted by Crippen LogP contribution is -2.40. The zero-order chi connectivity index (χ0) is 19.4. The Hall–Kier alpha value is -3.55. The fourth-order valence-corrected chi connectivity index (χ4v) is 2.88. The lowest BCUT2D eigenvalue weighted by molar-refractivity contribution is -0.129. The van der Waals surface area contributed by atoms with Crippen molar-refractivity contribution in [1.82, 2.24) is 0 Å². The Labute approximate surface area is 155 Å². The van der Waals surface area contributed by atoms with Gasteiger partial charge in [-0.3, -0.25) is 19.3 Å². The standard InChI is InChI=1S/C19H18N4O4/c1-12(24)20-13-5-7-14(8-6-13)21-16-10-9-15(11-17(16)22-27)23-18(25)3-2-4-19(23)26/h5-11,21H,2-4H2,1H3,(H,20,24). The Kier molecular flexibility index (Phi) is 5.25. The third-order valence-electron chi connectivity index (χ3n) is 4.10. The van der Waals surface area contributed by atoms with Gasteiger partial charge in [0.2, 0.25) is 17.7 Å². The van der Waals surface area contributed by atoms with E-state index >= 15 is 0 Å². The summed E-state index contributed by atoms with van der Waals surface area (Å²) >= 11 is 0. The second kappa shape index (κ2) is 7.77. The maximum Gasteiger partial charge on any atom is 0.233 e. The summed E-state index contributed by atoms with van der Waals surface area (Å²) in [4.78, 5) is 47.5. The summed E-state index contributed by atoms with van der Waals surface area (Å²) in [6.07, 6.45) is 1.15. The number of benzene rings is 2. The molecule has 27 heavy (non-hydrogen) atoms. The van der Waals surface area contributed by atoms with Crippen LogP contribution in [0.5, 0.6) is 0 Å². The SMILES string of the molecule is CC(=O)Nc1ccc(Nc2ccc(N3C(=O)CCCC3=O)cc2N=O)cc1. The molecule has 1 fully saturated rings. The van der Waals surface area contributed by atoms with Crippen molar-refractivity contribution in [2.24, 2.45) is 5.18 Å². The van der Waals surface area contributed by atoms with E-state index < -0.39 is 0 Å². The summed E-state index contributed by atoms with van der Waals surface area (Å²) < 4.78 is 0. The third-order valence-corrected chi connectivity index (χ3v) is 4.10. The van der Waals surface area contributed by atoms with Gasteiger partial charge in [-0.25, -0.2) is 0 Å². The summed E-state index contributed by atoms with van der Waals surface area (Å²) in [5, 5.41) is 8.74. The van der Waals surface area contributed by atoms with Gasteiger partial charge in [0.15, 0.2) is 0 Å². The highest BCUT2D eigenvalue weighted by Gasteiger charge is 2.27. The average Bonchev–Trinajstić information content (AvgIpc) is 2.63. The molecule has 138 valence electrons. The van der Waals surface area contributed by atoms with E-state index in [0.717, 1.165) is 4.90 Å². The molecular weight excluding hydrogens is 348 g/mol. The van der Waals surface area contributed by atoms with Gasteiger partial charge in [0, 0.05) is 31.1 Å². The number of nitrogens with zero attached hydrogens (tertiary/aromatic N) is 2. The van der Waals surface area contributed by atoms with Gasteiger partial charge >= 0.3 is 0 Å². The highest BCUT2D eigenvalue weighted by Crippen LogP contribution is 2.34. The van der Waals surface area contributed by atoms with Crippen LogP contribution in [0.2, 0.25) is 0 Å². The Balaban J connectivity index is 1.82. The van der Waals surface area contributed by atoms with E-state index in [1.165, 1.54) is 13.0 Å². The van der Waals surface area contributed by atoms with E-state index in [1.54, 1.807) is 36.4 Å². The number of piperidine rings is 1. The zero-order valence-corrected chi connectivity index (χ0v) is 14.7. The van der Waals surface area contributed by atoms with Crippen LogP contribution >= 0.6 is 0 Å². The van der Waals surface area contributed by atoms with Crippen molar-refractivity contribution in [3.63, 3.8) is 0 Å². The second-order valence-corrected chi connectivity index (χ2v) is 6.15. The molecular formula is C19H18N4O4. The molecule has 2 aromatic carbocycles. The summed E-state index contributed by atoms with van der Waals surface area (Å²) in [7, 11) is 0. The minimum atomic E-state index is -0.280. The quantitative estimate of drug-likeness (QED) is 0.617. The predicted octanol–water partition coefficient (Wildman–Crippen LogP) is 3.83. The summed E-state index contributed by atoms with van der Waals surface area (Å²) in [6, 6.07) is 11.5. The molecule has 0 aromatic heterocycles. The van der Waals surface area contributed by atoms with E-state index in [-0.39, 0.29) is 23.4 Å². The van der Waals surface area contributed by atoms with Gasteiger partial charge in [0.25, 0.3) is 0 Å². The van der Waals surface area contributed by atoms with Gasteiger partial charge in [-0.05, 0) is 54.1 Å². The molecule has 0 saturated carbocycles. The van der Waals surface area contributed by atoms with Crippen LogP contribution in [0.4, 0.5) is 28.4 Å². The summed E-state index contributed by atoms with van der Waals surface area (Å²) in [5.41, 5.74) is 2.21. The largest absolute Gasteiger partial charge is 0.354 e. The Morgan fingerprint density at radius 3 is 2.22 bits per heavy atom. The summed E-state index contributed by atoms with van der Waals surface area (Å²) in [6.45, 7) is 1.42. The van der Waals surface area contributed by atoms with Crippen molar-refractivity contribution in [1.29, 1.82) is 0 Å². The van der Waals surface area contributed by atoms with Crippen molar-refractivity contribution in [3.8, 4) is 0 Å². The van der Waals surface area contributed by atoms with Gasteiger partial charge in [0.05, 0.1) is 11.4 Å². The van der Waals surface area contributed by atoms with Gasteiger partial charge < -0.3 is 10.6 Å². The van der Waals surface area contributed by atoms with Gasteiger partial charge in [0.1, 0.15) is 5.69 Å². The Morgan fingerprint density at radius 2 is 1.63 bits per heavy atom. The number of amides is 3. The van der Waals surface area contributed by atoms with Crippen LogP contribution in [0.1, 0.15) is 26.2 Å². The monoisotopic (exact) mass is 366 g/mol. The first-order chi connectivity index (χ1) is 13.0. The first-order valence-electron chi connectivity index (χ1n) is 8.46. The molecule has 2 N–H and O–H groups in total. The molecule has 1 saturated heterocycles. The van der Waals surface area contributed by atoms with Crippen LogP contribution in [0.25, 0.3) is 0 Å². The molecule has 0 aliphatic carbocycles. The van der Waals surface area contributed by atoms with Crippen LogP contribution in [0, 0.1) is 4.91 Å². The van der Waals surface area contributed by atoms with Crippen molar-refractivity contribution in [2.45, 2.75) is 26.2 Å². The molecule has 0 unspecified atom stereocenters. The molecule has 0 bridgehead atoms. The molecule has 1 aliphatic rings. The van der Waals surface area contributed by atoms with Crippen LogP contribution in [0.15, 0.2) is 47.6 Å². The number of carbonyl (C=O) groups is 3. The molecule has 1 heterocycles. The first-order valence-corrected chi connectivity index (χ1v) is 8.46. The molecule has 8 nitrogen and oxygen atoms in total. The maximum absolute atomic E-state index is 12.0. The highest BCUT2D eigenvalue weighted by molar-refractivity contribution is 6.16. The van der Waals surface area contributed by atoms with Crippen molar-refractivity contribution < 1.29 is 14.4 Å². The van der Waals surface area contributed by atoms with Gasteiger partial charge in [-0.15, -0.1) is 4.91 Å². The van der Waals surface area contributed by atoms with Crippen molar-refractivity contribution in [3.05, 3.63) is 47.4 Å². The van der Waals surface area contributed by atoms with Crippen LogP contribution in [0.3, 0.4) is 0 Å². The number of imide groups is 1. The van der Waals surface area contributed by atoms with Gasteiger partial charge in [-0.1, -0.05) is 0 Å². The molecule has 0 atom stereocenters. The minimum absolute atomic E-state index is 0.0876. The normalized spacial score (nSPS) is 14.0. The minimum Gasteiger partial charge on any atom is -0.354 e. The molecule has 2 aromatic rings. The Bertz CT molecular complexity index is 892. The number of anilines is 4. The maximum atomic E-state index is 12.0. The fraction of sp³-hybridized carbons (Fsp3) is 0.211. The molecule has 1 aliphatic heterocycles.